The summed E-state index contributed by atoms with van der Waals surface area (Å²) in [4.78, 5) is 0. The Kier molecular flexibility index (Phi) is 4.91. The number of rotatable bonds is 6. The first-order valence-electron chi connectivity index (χ1n) is 6.58. The number of fused-ring (bicyclic) bond motifs is 1. The van der Waals surface area contributed by atoms with E-state index in [-0.39, 0.29) is 10.8 Å². The van der Waals surface area contributed by atoms with Crippen molar-refractivity contribution in [2.45, 2.75) is 16.4 Å². The average Bonchev–Trinajstić information content (AvgIpc) is 2.53. The third-order valence-corrected chi connectivity index (χ3v) is 5.51. The highest BCUT2D eigenvalue weighted by atomic mass is 32.2. The molecule has 0 aliphatic carbocycles. The van der Waals surface area contributed by atoms with Gasteiger partial charge in [0.05, 0.1) is 0 Å². The van der Waals surface area contributed by atoms with Crippen molar-refractivity contribution in [3.63, 3.8) is 0 Å². The minimum Gasteiger partial charge on any atom is -0.377 e. The van der Waals surface area contributed by atoms with Crippen LogP contribution in [0.5, 0.6) is 5.75 Å². The van der Waals surface area contributed by atoms with Crippen LogP contribution in [-0.2, 0) is 20.2 Å². The maximum absolute atomic E-state index is 13.8. The number of hydrogen-bond donors (Lipinski definition) is 1. The number of benzene rings is 2. The molecule has 0 amide bonds. The number of halogens is 6. The molecule has 0 bridgehead atoms. The predicted molar refractivity (Wildman–Crippen MR) is 79.9 cm³/mol. The van der Waals surface area contributed by atoms with E-state index in [1.807, 2.05) is 0 Å². The summed E-state index contributed by atoms with van der Waals surface area (Å²) in [5, 5.41) is -13.4. The highest BCUT2D eigenvalue weighted by molar-refractivity contribution is 7.88. The van der Waals surface area contributed by atoms with E-state index in [0.29, 0.717) is 0 Å². The summed E-state index contributed by atoms with van der Waals surface area (Å²) in [6.07, 6.45) is 0. The van der Waals surface area contributed by atoms with Gasteiger partial charge >= 0.3 is 36.7 Å². The standard InChI is InChI=1S/C13H8F6O6S2/c14-11(15,12(16,17)26(20,21)22)13(18,19)27(23,24)25-10-7-3-5-8-4-1-2-6-9(8)10/h1-7H,(H,20,21,22). The fraction of sp³-hybridized carbons (Fsp3) is 0.231. The second-order valence-corrected chi connectivity index (χ2v) is 8.15. The lowest BCUT2D eigenvalue weighted by Gasteiger charge is -2.29. The second-order valence-electron chi connectivity index (χ2n) is 5.10. The molecule has 2 aromatic carbocycles. The fourth-order valence-corrected chi connectivity index (χ4v) is 3.37. The summed E-state index contributed by atoms with van der Waals surface area (Å²) in [6.45, 7) is 0. The van der Waals surface area contributed by atoms with Gasteiger partial charge in [-0.05, 0) is 11.5 Å². The SMILES string of the molecule is O=S(=O)(O)C(F)(F)C(F)(F)C(F)(F)S(=O)(=O)Oc1cccc2ccccc12. The van der Waals surface area contributed by atoms with Crippen molar-refractivity contribution in [2.24, 2.45) is 0 Å². The van der Waals surface area contributed by atoms with Gasteiger partial charge in [0.2, 0.25) is 0 Å². The fourth-order valence-electron chi connectivity index (χ4n) is 1.93. The third-order valence-electron chi connectivity index (χ3n) is 3.32. The molecular weight excluding hydrogens is 430 g/mol. The van der Waals surface area contributed by atoms with Crippen molar-refractivity contribution in [1.29, 1.82) is 0 Å². The molecule has 0 unspecified atom stereocenters. The Morgan fingerprint density at radius 2 is 1.30 bits per heavy atom. The minimum absolute atomic E-state index is 0.135. The van der Waals surface area contributed by atoms with Gasteiger partial charge in [0.25, 0.3) is 0 Å². The molecule has 0 atom stereocenters. The zero-order valence-electron chi connectivity index (χ0n) is 12.6. The zero-order valence-corrected chi connectivity index (χ0v) is 14.2. The maximum Gasteiger partial charge on any atom is 0.450 e. The molecular formula is C13H8F6O6S2. The van der Waals surface area contributed by atoms with Crippen LogP contribution in [0.15, 0.2) is 42.5 Å². The molecule has 1 N–H and O–H groups in total. The summed E-state index contributed by atoms with van der Waals surface area (Å²) >= 11 is 0. The van der Waals surface area contributed by atoms with Crippen LogP contribution in [0.25, 0.3) is 10.8 Å². The molecule has 14 heteroatoms. The molecule has 0 aromatic heterocycles. The zero-order chi connectivity index (χ0) is 20.9. The van der Waals surface area contributed by atoms with Crippen molar-refractivity contribution in [2.75, 3.05) is 0 Å². The lowest BCUT2D eigenvalue weighted by Crippen LogP contribution is -2.61. The van der Waals surface area contributed by atoms with Gasteiger partial charge in [0.1, 0.15) is 0 Å². The Hall–Kier alpha value is -2.06. The van der Waals surface area contributed by atoms with Crippen LogP contribution in [-0.4, -0.2) is 37.8 Å². The summed E-state index contributed by atoms with van der Waals surface area (Å²) < 4.78 is 137. The number of alkyl halides is 6. The van der Waals surface area contributed by atoms with Gasteiger partial charge in [0, 0.05) is 5.39 Å². The van der Waals surface area contributed by atoms with E-state index in [9.17, 15) is 43.2 Å². The van der Waals surface area contributed by atoms with Crippen molar-refractivity contribution < 1.29 is 51.9 Å². The lowest BCUT2D eigenvalue weighted by molar-refractivity contribution is -0.247. The van der Waals surface area contributed by atoms with E-state index < -0.39 is 42.4 Å². The molecule has 0 radical (unpaired) electrons. The summed E-state index contributed by atoms with van der Waals surface area (Å²) in [5.74, 6) is -7.95. The molecule has 0 saturated heterocycles. The monoisotopic (exact) mass is 438 g/mol. The molecule has 0 aliphatic rings. The topological polar surface area (TPSA) is 97.7 Å². The molecule has 2 aromatic rings. The Balaban J connectivity index is 2.57. The smallest absolute Gasteiger partial charge is 0.377 e. The van der Waals surface area contributed by atoms with Gasteiger partial charge in [-0.25, -0.2) is 0 Å². The van der Waals surface area contributed by atoms with E-state index in [0.717, 1.165) is 12.1 Å². The minimum atomic E-state index is -7.09. The van der Waals surface area contributed by atoms with Gasteiger partial charge in [-0.2, -0.15) is 43.2 Å². The van der Waals surface area contributed by atoms with Crippen LogP contribution in [0.3, 0.4) is 0 Å². The first-order chi connectivity index (χ1) is 12.1. The molecule has 0 fully saturated rings. The van der Waals surface area contributed by atoms with Crippen LogP contribution < -0.4 is 4.18 Å². The van der Waals surface area contributed by atoms with E-state index in [2.05, 4.69) is 4.18 Å². The summed E-state index contributed by atoms with van der Waals surface area (Å²) in [7, 11) is -13.9. The molecule has 2 rings (SSSR count). The Morgan fingerprint density at radius 1 is 0.778 bits per heavy atom. The summed E-state index contributed by atoms with van der Waals surface area (Å²) in [6, 6.07) is 8.62. The van der Waals surface area contributed by atoms with Crippen molar-refractivity contribution in [1.82, 2.24) is 0 Å². The van der Waals surface area contributed by atoms with Crippen LogP contribution in [0.2, 0.25) is 0 Å². The van der Waals surface area contributed by atoms with Crippen molar-refractivity contribution in [3.05, 3.63) is 42.5 Å². The van der Waals surface area contributed by atoms with E-state index in [4.69, 9.17) is 4.55 Å². The maximum atomic E-state index is 13.8. The highest BCUT2D eigenvalue weighted by Gasteiger charge is 2.83. The van der Waals surface area contributed by atoms with Crippen LogP contribution in [0.1, 0.15) is 0 Å². The van der Waals surface area contributed by atoms with E-state index >= 15 is 0 Å². The molecule has 0 heterocycles. The lowest BCUT2D eigenvalue weighted by atomic mass is 10.1. The van der Waals surface area contributed by atoms with Gasteiger partial charge < -0.3 is 4.18 Å². The Bertz CT molecular complexity index is 1080. The van der Waals surface area contributed by atoms with Crippen molar-refractivity contribution >= 4 is 31.0 Å². The quantitative estimate of drug-likeness (QED) is 0.423. The first-order valence-corrected chi connectivity index (χ1v) is 9.43. The Morgan fingerprint density at radius 3 is 1.85 bits per heavy atom. The molecule has 27 heavy (non-hydrogen) atoms. The van der Waals surface area contributed by atoms with Gasteiger partial charge in [0.15, 0.2) is 5.75 Å². The molecule has 6 nitrogen and oxygen atoms in total. The molecule has 0 spiro atoms. The van der Waals surface area contributed by atoms with Gasteiger partial charge in [-0.3, -0.25) is 4.55 Å². The van der Waals surface area contributed by atoms with Gasteiger partial charge in [-0.15, -0.1) is 0 Å². The van der Waals surface area contributed by atoms with Crippen LogP contribution in [0.4, 0.5) is 26.3 Å². The largest absolute Gasteiger partial charge is 0.450 e. The molecule has 150 valence electrons. The van der Waals surface area contributed by atoms with Crippen molar-refractivity contribution in [3.8, 4) is 5.75 Å². The highest BCUT2D eigenvalue weighted by Crippen LogP contribution is 2.51. The molecule has 0 saturated carbocycles. The second kappa shape index (κ2) is 6.24. The predicted octanol–water partition coefficient (Wildman–Crippen LogP) is 3.26. The van der Waals surface area contributed by atoms with Crippen LogP contribution in [0, 0.1) is 0 Å². The van der Waals surface area contributed by atoms with E-state index in [1.54, 1.807) is 0 Å². The average molecular weight is 438 g/mol. The summed E-state index contributed by atoms with van der Waals surface area (Å²) in [5.41, 5.74) is 0. The van der Waals surface area contributed by atoms with E-state index in [1.165, 1.54) is 30.3 Å². The normalized spacial score (nSPS) is 14.3. The molecule has 0 aliphatic heterocycles. The number of hydrogen-bond acceptors (Lipinski definition) is 5. The third kappa shape index (κ3) is 3.21. The Labute approximate surface area is 148 Å². The van der Waals surface area contributed by atoms with Gasteiger partial charge in [-0.1, -0.05) is 36.4 Å². The van der Waals surface area contributed by atoms with Crippen LogP contribution >= 0.6 is 0 Å². The first kappa shape index (κ1) is 21.2.